The molecule has 2 atom stereocenters. The summed E-state index contributed by atoms with van der Waals surface area (Å²) in [7, 11) is 0. The predicted octanol–water partition coefficient (Wildman–Crippen LogP) is 23.7. The van der Waals surface area contributed by atoms with Crippen LogP contribution in [0.4, 0.5) is 0 Å². The molecule has 474 valence electrons. The number of hydrogen-bond donors (Lipinski definition) is 3. The number of nitrogens with one attached hydrogen (secondary N) is 1. The summed E-state index contributed by atoms with van der Waals surface area (Å²) in [6, 6.07) is -0.538. The van der Waals surface area contributed by atoms with Crippen LogP contribution in [0.5, 0.6) is 0 Å². The van der Waals surface area contributed by atoms with Gasteiger partial charge in [-0.2, -0.15) is 0 Å². The average Bonchev–Trinajstić information content (AvgIpc) is 3.46. The molecule has 0 aliphatic rings. The maximum Gasteiger partial charge on any atom is 0.305 e. The lowest BCUT2D eigenvalue weighted by molar-refractivity contribution is -0.143. The first-order valence-corrected chi connectivity index (χ1v) is 36.6. The molecule has 0 aliphatic heterocycles. The van der Waals surface area contributed by atoms with E-state index in [-0.39, 0.29) is 18.5 Å². The van der Waals surface area contributed by atoms with E-state index >= 15 is 0 Å². The third-order valence-electron chi connectivity index (χ3n) is 17.3. The summed E-state index contributed by atoms with van der Waals surface area (Å²) in [6.45, 7) is 4.97. The quantitative estimate of drug-likeness (QED) is 0.0320. The normalized spacial score (nSPS) is 12.6. The second-order valence-electron chi connectivity index (χ2n) is 25.3. The van der Waals surface area contributed by atoms with E-state index in [1.165, 1.54) is 327 Å². The molecule has 0 saturated carbocycles. The van der Waals surface area contributed by atoms with Crippen LogP contribution in [0.2, 0.25) is 0 Å². The van der Waals surface area contributed by atoms with Crippen LogP contribution in [0.15, 0.2) is 24.3 Å². The third kappa shape index (κ3) is 65.5. The number of ether oxygens (including phenoxy) is 1. The van der Waals surface area contributed by atoms with Gasteiger partial charge in [0.05, 0.1) is 25.4 Å². The molecule has 6 nitrogen and oxygen atoms in total. The van der Waals surface area contributed by atoms with Gasteiger partial charge in [-0.1, -0.05) is 366 Å². The number of aliphatic hydroxyl groups excluding tert-OH is 2. The maximum absolute atomic E-state index is 12.5. The van der Waals surface area contributed by atoms with E-state index in [4.69, 9.17) is 4.74 Å². The van der Waals surface area contributed by atoms with E-state index in [9.17, 15) is 19.8 Å². The van der Waals surface area contributed by atoms with Gasteiger partial charge in [-0.25, -0.2) is 0 Å². The molecule has 0 radical (unpaired) electrons. The molecule has 80 heavy (non-hydrogen) atoms. The van der Waals surface area contributed by atoms with Crippen molar-refractivity contribution in [2.24, 2.45) is 0 Å². The smallest absolute Gasteiger partial charge is 0.305 e. The summed E-state index contributed by atoms with van der Waals surface area (Å²) >= 11 is 0. The molecule has 0 fully saturated rings. The minimum atomic E-state index is -0.661. The summed E-state index contributed by atoms with van der Waals surface area (Å²) in [5.74, 6) is -0.0118. The van der Waals surface area contributed by atoms with Crippen molar-refractivity contribution in [3.05, 3.63) is 24.3 Å². The zero-order valence-corrected chi connectivity index (χ0v) is 54.3. The van der Waals surface area contributed by atoms with Crippen LogP contribution in [-0.4, -0.2) is 47.4 Å². The molecule has 0 spiro atoms. The van der Waals surface area contributed by atoms with Crippen molar-refractivity contribution in [2.45, 2.75) is 424 Å². The highest BCUT2D eigenvalue weighted by atomic mass is 16.5. The van der Waals surface area contributed by atoms with Crippen LogP contribution in [0.25, 0.3) is 0 Å². The molecule has 0 aliphatic carbocycles. The van der Waals surface area contributed by atoms with Crippen molar-refractivity contribution >= 4 is 11.9 Å². The molecule has 1 amide bonds. The van der Waals surface area contributed by atoms with Gasteiger partial charge in [0.1, 0.15) is 0 Å². The minimum absolute atomic E-state index is 0.0165. The number of carbonyl (C=O) groups is 2. The second-order valence-corrected chi connectivity index (χ2v) is 25.3. The largest absolute Gasteiger partial charge is 0.466 e. The summed E-state index contributed by atoms with van der Waals surface area (Å²) < 4.78 is 5.51. The number of allylic oxidation sites excluding steroid dienone is 4. The predicted molar refractivity (Wildman–Crippen MR) is 352 cm³/mol. The van der Waals surface area contributed by atoms with Crippen LogP contribution in [0, 0.1) is 0 Å². The fraction of sp³-hybridized carbons (Fsp3) is 0.919. The number of amides is 1. The zero-order chi connectivity index (χ0) is 57.8. The van der Waals surface area contributed by atoms with E-state index < -0.39 is 12.1 Å². The van der Waals surface area contributed by atoms with Gasteiger partial charge in [0.2, 0.25) is 5.91 Å². The molecule has 0 aromatic rings. The SMILES string of the molecule is CCCCC/C=C\C/C=C\CCCCCCCCCCCC(=O)OCCCCCCCCCCCCCCCCCCCCCCCCCCCCCCCC(=O)NC(CO)C(O)CCCCCCCCCCCCCCCCC. The van der Waals surface area contributed by atoms with Crippen LogP contribution in [-0.2, 0) is 14.3 Å². The summed E-state index contributed by atoms with van der Waals surface area (Å²) in [6.07, 6.45) is 88.1. The molecular weight excluding hydrogens is 983 g/mol. The standard InChI is InChI=1S/C74H143NO5/c1-3-5-7-9-11-13-15-17-19-20-32-36-40-44-48-52-56-60-64-68-74(79)80-69-65-61-57-53-49-45-41-37-34-31-29-27-25-23-21-22-24-26-28-30-33-35-39-43-47-51-55-59-63-67-73(78)75-71(70-76)72(77)66-62-58-54-50-46-42-38-18-16-14-12-10-8-6-4-2/h11,13,17,19,71-72,76-77H,3-10,12,14-16,18,20-70H2,1-2H3,(H,75,78)/b13-11-,19-17-. The van der Waals surface area contributed by atoms with Gasteiger partial charge < -0.3 is 20.3 Å². The molecular formula is C74H143NO5. The lowest BCUT2D eigenvalue weighted by atomic mass is 10.0. The van der Waals surface area contributed by atoms with E-state index in [2.05, 4.69) is 43.5 Å². The van der Waals surface area contributed by atoms with E-state index in [1.807, 2.05) is 0 Å². The Morgan fingerprint density at radius 2 is 0.625 bits per heavy atom. The third-order valence-corrected chi connectivity index (χ3v) is 17.3. The van der Waals surface area contributed by atoms with E-state index in [0.717, 1.165) is 51.4 Å². The molecule has 2 unspecified atom stereocenters. The van der Waals surface area contributed by atoms with Gasteiger partial charge in [0, 0.05) is 12.8 Å². The van der Waals surface area contributed by atoms with Gasteiger partial charge in [-0.3, -0.25) is 9.59 Å². The first-order chi connectivity index (χ1) is 39.5. The Balaban J connectivity index is 3.32. The van der Waals surface area contributed by atoms with Crippen LogP contribution in [0.1, 0.15) is 412 Å². The van der Waals surface area contributed by atoms with Gasteiger partial charge in [-0.05, 0) is 57.8 Å². The van der Waals surface area contributed by atoms with E-state index in [1.54, 1.807) is 0 Å². The molecule has 0 saturated heterocycles. The molecule has 0 heterocycles. The lowest BCUT2D eigenvalue weighted by Gasteiger charge is -2.22. The number of unbranched alkanes of at least 4 members (excludes halogenated alkanes) is 54. The highest BCUT2D eigenvalue weighted by Crippen LogP contribution is 2.19. The van der Waals surface area contributed by atoms with Crippen LogP contribution in [0.3, 0.4) is 0 Å². The Morgan fingerprint density at radius 1 is 0.350 bits per heavy atom. The van der Waals surface area contributed by atoms with Crippen molar-refractivity contribution < 1.29 is 24.5 Å². The fourth-order valence-electron chi connectivity index (χ4n) is 11.7. The van der Waals surface area contributed by atoms with Gasteiger partial charge in [0.15, 0.2) is 0 Å². The molecule has 6 heteroatoms. The van der Waals surface area contributed by atoms with Crippen molar-refractivity contribution in [1.29, 1.82) is 0 Å². The van der Waals surface area contributed by atoms with Crippen molar-refractivity contribution in [3.63, 3.8) is 0 Å². The number of aliphatic hydroxyl groups is 2. The number of hydrogen-bond acceptors (Lipinski definition) is 5. The topological polar surface area (TPSA) is 95.9 Å². The Hall–Kier alpha value is -1.66. The van der Waals surface area contributed by atoms with Crippen molar-refractivity contribution in [1.82, 2.24) is 5.32 Å². The summed E-state index contributed by atoms with van der Waals surface area (Å²) in [5.41, 5.74) is 0. The number of esters is 1. The van der Waals surface area contributed by atoms with E-state index in [0.29, 0.717) is 25.9 Å². The number of rotatable bonds is 69. The summed E-state index contributed by atoms with van der Waals surface area (Å²) in [5, 5.41) is 23.3. The minimum Gasteiger partial charge on any atom is -0.466 e. The monoisotopic (exact) mass is 1130 g/mol. The first kappa shape index (κ1) is 78.3. The Morgan fingerprint density at radius 3 is 0.975 bits per heavy atom. The highest BCUT2D eigenvalue weighted by molar-refractivity contribution is 5.76. The Labute approximate surface area is 501 Å². The van der Waals surface area contributed by atoms with Crippen LogP contribution < -0.4 is 5.32 Å². The Kier molecular flexibility index (Phi) is 68.4. The Bertz CT molecular complexity index is 1250. The molecule has 0 bridgehead atoms. The zero-order valence-electron chi connectivity index (χ0n) is 54.3. The second kappa shape index (κ2) is 69.8. The average molecular weight is 1130 g/mol. The summed E-state index contributed by atoms with van der Waals surface area (Å²) in [4.78, 5) is 24.6. The highest BCUT2D eigenvalue weighted by Gasteiger charge is 2.20. The van der Waals surface area contributed by atoms with Gasteiger partial charge in [0.25, 0.3) is 0 Å². The van der Waals surface area contributed by atoms with Crippen molar-refractivity contribution in [3.8, 4) is 0 Å². The molecule has 0 rings (SSSR count). The number of carbonyl (C=O) groups excluding carboxylic acids is 2. The van der Waals surface area contributed by atoms with Crippen molar-refractivity contribution in [2.75, 3.05) is 13.2 Å². The first-order valence-electron chi connectivity index (χ1n) is 36.6. The van der Waals surface area contributed by atoms with Gasteiger partial charge in [-0.15, -0.1) is 0 Å². The van der Waals surface area contributed by atoms with Crippen LogP contribution >= 0.6 is 0 Å². The lowest BCUT2D eigenvalue weighted by Crippen LogP contribution is -2.45. The molecule has 0 aromatic carbocycles. The molecule has 3 N–H and O–H groups in total. The maximum atomic E-state index is 12.5. The molecule has 0 aromatic heterocycles. The van der Waals surface area contributed by atoms with Gasteiger partial charge >= 0.3 is 5.97 Å². The fourth-order valence-corrected chi connectivity index (χ4v) is 11.7.